The molecular weight excluding hydrogens is 278 g/mol. The van der Waals surface area contributed by atoms with Gasteiger partial charge >= 0.3 is 5.97 Å². The summed E-state index contributed by atoms with van der Waals surface area (Å²) >= 11 is 5.02. The molecule has 0 aliphatic carbocycles. The average Bonchev–Trinajstić information content (AvgIpc) is 2.43. The molecule has 0 aliphatic rings. The lowest BCUT2D eigenvalue weighted by atomic mass is 10.2. The van der Waals surface area contributed by atoms with E-state index in [2.05, 4.69) is 4.98 Å². The largest absolute Gasteiger partial charge is 0.465 e. The van der Waals surface area contributed by atoms with Crippen molar-refractivity contribution in [3.63, 3.8) is 0 Å². The summed E-state index contributed by atoms with van der Waals surface area (Å²) in [4.78, 5) is 17.8. The number of nitrogens with zero attached hydrogens (tertiary/aromatic N) is 2. The van der Waals surface area contributed by atoms with Crippen molar-refractivity contribution in [3.8, 4) is 0 Å². The smallest absolute Gasteiger partial charge is 0.325 e. The summed E-state index contributed by atoms with van der Waals surface area (Å²) in [6, 6.07) is 1.72. The molecule has 0 unspecified atom stereocenters. The van der Waals surface area contributed by atoms with Gasteiger partial charge in [0.1, 0.15) is 11.5 Å². The van der Waals surface area contributed by atoms with Crippen LogP contribution in [-0.4, -0.2) is 49.4 Å². The van der Waals surface area contributed by atoms with Gasteiger partial charge in [0.25, 0.3) is 0 Å². The predicted molar refractivity (Wildman–Crippen MR) is 80.8 cm³/mol. The maximum Gasteiger partial charge on any atom is 0.325 e. The minimum absolute atomic E-state index is 0.0957. The molecule has 0 aliphatic heterocycles. The van der Waals surface area contributed by atoms with E-state index in [-0.39, 0.29) is 17.5 Å². The summed E-state index contributed by atoms with van der Waals surface area (Å²) in [6.45, 7) is 3.17. The molecule has 7 heteroatoms. The van der Waals surface area contributed by atoms with Gasteiger partial charge < -0.3 is 20.1 Å². The van der Waals surface area contributed by atoms with E-state index >= 15 is 0 Å². The number of carbonyl (C=O) groups is 1. The molecule has 0 radical (unpaired) electrons. The Labute approximate surface area is 123 Å². The molecule has 0 fully saturated rings. The van der Waals surface area contributed by atoms with Crippen LogP contribution < -0.4 is 10.6 Å². The van der Waals surface area contributed by atoms with Gasteiger partial charge in [0.15, 0.2) is 0 Å². The van der Waals surface area contributed by atoms with Crippen LogP contribution in [0, 0.1) is 0 Å². The van der Waals surface area contributed by atoms with E-state index in [1.165, 1.54) is 0 Å². The van der Waals surface area contributed by atoms with Crippen molar-refractivity contribution in [1.29, 1.82) is 0 Å². The fourth-order valence-corrected chi connectivity index (χ4v) is 1.87. The fourth-order valence-electron chi connectivity index (χ4n) is 1.70. The van der Waals surface area contributed by atoms with Crippen LogP contribution in [0.1, 0.15) is 12.5 Å². The van der Waals surface area contributed by atoms with Crippen LogP contribution in [0.2, 0.25) is 0 Å². The average molecular weight is 297 g/mol. The third-order valence-electron chi connectivity index (χ3n) is 2.60. The second-order valence-corrected chi connectivity index (χ2v) is 4.42. The molecule has 1 rings (SSSR count). The lowest BCUT2D eigenvalue weighted by Crippen LogP contribution is -2.35. The topological polar surface area (TPSA) is 77.7 Å². The summed E-state index contributed by atoms with van der Waals surface area (Å²) in [7, 11) is 1.60. The van der Waals surface area contributed by atoms with Gasteiger partial charge in [-0.25, -0.2) is 0 Å². The number of rotatable bonds is 8. The Kier molecular flexibility index (Phi) is 6.89. The molecule has 0 bridgehead atoms. The van der Waals surface area contributed by atoms with Gasteiger partial charge in [-0.3, -0.25) is 9.78 Å². The molecule has 0 saturated carbocycles. The first-order valence-corrected chi connectivity index (χ1v) is 6.64. The van der Waals surface area contributed by atoms with E-state index in [0.29, 0.717) is 31.0 Å². The molecule has 1 aromatic rings. The van der Waals surface area contributed by atoms with E-state index < -0.39 is 0 Å². The lowest BCUT2D eigenvalue weighted by molar-refractivity contribution is -0.141. The number of ether oxygens (including phenoxy) is 2. The van der Waals surface area contributed by atoms with E-state index in [4.69, 9.17) is 27.4 Å². The van der Waals surface area contributed by atoms with Crippen LogP contribution in [0.3, 0.4) is 0 Å². The molecule has 1 aromatic heterocycles. The minimum atomic E-state index is -0.318. The Morgan fingerprint density at radius 3 is 2.90 bits per heavy atom. The van der Waals surface area contributed by atoms with Gasteiger partial charge in [-0.15, -0.1) is 0 Å². The summed E-state index contributed by atoms with van der Waals surface area (Å²) in [5.41, 5.74) is 7.08. The standard InChI is InChI=1S/C13H19N3O3S/c1-3-19-12(17)9-16(6-7-18-2)11-8-15-5-4-10(11)13(14)20/h4-5,8H,3,6-7,9H2,1-2H3,(H2,14,20). The number of carbonyl (C=O) groups excluding carboxylic acids is 1. The number of hydrogen-bond acceptors (Lipinski definition) is 6. The number of hydrogen-bond donors (Lipinski definition) is 1. The van der Waals surface area contributed by atoms with Crippen molar-refractivity contribution >= 4 is 28.9 Å². The monoisotopic (exact) mass is 297 g/mol. The second kappa shape index (κ2) is 8.44. The fraction of sp³-hybridized carbons (Fsp3) is 0.462. The van der Waals surface area contributed by atoms with Crippen LogP contribution in [0.25, 0.3) is 0 Å². The van der Waals surface area contributed by atoms with Crippen molar-refractivity contribution in [2.75, 3.05) is 38.3 Å². The van der Waals surface area contributed by atoms with Crippen molar-refractivity contribution in [2.45, 2.75) is 6.92 Å². The van der Waals surface area contributed by atoms with Gasteiger partial charge in [-0.2, -0.15) is 0 Å². The van der Waals surface area contributed by atoms with Gasteiger partial charge in [-0.05, 0) is 13.0 Å². The molecular formula is C13H19N3O3S. The molecule has 0 saturated heterocycles. The molecule has 110 valence electrons. The zero-order chi connectivity index (χ0) is 15.0. The molecule has 6 nitrogen and oxygen atoms in total. The molecule has 0 aromatic carbocycles. The summed E-state index contributed by atoms with van der Waals surface area (Å²) in [5, 5.41) is 0. The zero-order valence-electron chi connectivity index (χ0n) is 11.7. The van der Waals surface area contributed by atoms with Crippen molar-refractivity contribution in [1.82, 2.24) is 4.98 Å². The highest BCUT2D eigenvalue weighted by atomic mass is 32.1. The van der Waals surface area contributed by atoms with Crippen molar-refractivity contribution in [3.05, 3.63) is 24.0 Å². The Bertz CT molecular complexity index is 468. The number of esters is 1. The Balaban J connectivity index is 2.97. The number of thiocarbonyl (C=S) groups is 1. The highest BCUT2D eigenvalue weighted by Gasteiger charge is 2.16. The van der Waals surface area contributed by atoms with Gasteiger partial charge in [-0.1, -0.05) is 12.2 Å². The third kappa shape index (κ3) is 4.75. The maximum atomic E-state index is 11.7. The number of anilines is 1. The van der Waals surface area contributed by atoms with Crippen LogP contribution in [0.5, 0.6) is 0 Å². The molecule has 1 heterocycles. The van der Waals surface area contributed by atoms with Gasteiger partial charge in [0, 0.05) is 25.4 Å². The summed E-state index contributed by atoms with van der Waals surface area (Å²) in [5.74, 6) is -0.318. The normalized spacial score (nSPS) is 10.1. The number of methoxy groups -OCH3 is 1. The van der Waals surface area contributed by atoms with Crippen LogP contribution in [0.4, 0.5) is 5.69 Å². The van der Waals surface area contributed by atoms with Gasteiger partial charge in [0.2, 0.25) is 0 Å². The number of nitrogens with two attached hydrogens (primary N) is 1. The highest BCUT2D eigenvalue weighted by Crippen LogP contribution is 2.19. The van der Waals surface area contributed by atoms with Crippen LogP contribution >= 0.6 is 12.2 Å². The first-order chi connectivity index (χ1) is 9.60. The minimum Gasteiger partial charge on any atom is -0.465 e. The summed E-state index contributed by atoms with van der Waals surface area (Å²) in [6.07, 6.45) is 3.24. The van der Waals surface area contributed by atoms with Crippen LogP contribution in [-0.2, 0) is 14.3 Å². The Morgan fingerprint density at radius 1 is 1.55 bits per heavy atom. The van der Waals surface area contributed by atoms with Crippen LogP contribution in [0.15, 0.2) is 18.5 Å². The lowest BCUT2D eigenvalue weighted by Gasteiger charge is -2.25. The molecule has 0 atom stereocenters. The van der Waals surface area contributed by atoms with E-state index in [1.54, 1.807) is 37.4 Å². The van der Waals surface area contributed by atoms with Crippen molar-refractivity contribution < 1.29 is 14.3 Å². The molecule has 0 amide bonds. The molecule has 2 N–H and O–H groups in total. The maximum absolute atomic E-state index is 11.7. The summed E-state index contributed by atoms with van der Waals surface area (Å²) < 4.78 is 10.0. The van der Waals surface area contributed by atoms with E-state index in [0.717, 1.165) is 0 Å². The van der Waals surface area contributed by atoms with Gasteiger partial charge in [0.05, 0.1) is 25.1 Å². The SMILES string of the molecule is CCOC(=O)CN(CCOC)c1cnccc1C(N)=S. The number of aromatic nitrogens is 1. The molecule has 0 spiro atoms. The first kappa shape index (κ1) is 16.3. The Morgan fingerprint density at radius 2 is 2.30 bits per heavy atom. The predicted octanol–water partition coefficient (Wildman–Crippen LogP) is 0.732. The highest BCUT2D eigenvalue weighted by molar-refractivity contribution is 7.80. The first-order valence-electron chi connectivity index (χ1n) is 6.23. The van der Waals surface area contributed by atoms with Crippen molar-refractivity contribution in [2.24, 2.45) is 5.73 Å². The number of pyridine rings is 1. The zero-order valence-corrected chi connectivity index (χ0v) is 12.5. The Hall–Kier alpha value is -1.73. The quantitative estimate of drug-likeness (QED) is 0.560. The molecule has 20 heavy (non-hydrogen) atoms. The van der Waals surface area contributed by atoms with E-state index in [1.807, 2.05) is 0 Å². The third-order valence-corrected chi connectivity index (χ3v) is 2.82. The van der Waals surface area contributed by atoms with E-state index in [9.17, 15) is 4.79 Å². The second-order valence-electron chi connectivity index (χ2n) is 3.98.